The van der Waals surface area contributed by atoms with Crippen LogP contribution in [0.4, 0.5) is 0 Å². The number of nitrogens with zero attached hydrogens (tertiary/aromatic N) is 2. The van der Waals surface area contributed by atoms with Gasteiger partial charge in [0.25, 0.3) is 5.91 Å². The van der Waals surface area contributed by atoms with Crippen LogP contribution in [0.15, 0.2) is 60.9 Å². The zero-order chi connectivity index (χ0) is 17.6. The summed E-state index contributed by atoms with van der Waals surface area (Å²) in [4.78, 5) is 12.2. The third-order valence-corrected chi connectivity index (χ3v) is 3.87. The fraction of sp³-hybridized carbons (Fsp3) is 0.158. The van der Waals surface area contributed by atoms with E-state index in [0.29, 0.717) is 23.7 Å². The minimum Gasteiger partial charge on any atom is -0.492 e. The van der Waals surface area contributed by atoms with Crippen LogP contribution in [-0.2, 0) is 0 Å². The first kappa shape index (κ1) is 17.0. The molecule has 1 N–H and O–H groups in total. The van der Waals surface area contributed by atoms with Crippen molar-refractivity contribution < 1.29 is 9.53 Å². The molecule has 0 saturated heterocycles. The second kappa shape index (κ2) is 7.85. The van der Waals surface area contributed by atoms with Crippen LogP contribution in [0.5, 0.6) is 5.75 Å². The first-order valence-electron chi connectivity index (χ1n) is 7.90. The van der Waals surface area contributed by atoms with E-state index >= 15 is 0 Å². The van der Waals surface area contributed by atoms with Crippen molar-refractivity contribution in [3.05, 3.63) is 77.1 Å². The summed E-state index contributed by atoms with van der Waals surface area (Å²) < 4.78 is 7.22. The van der Waals surface area contributed by atoms with E-state index in [1.54, 1.807) is 23.0 Å². The number of benzene rings is 2. The molecule has 0 spiro atoms. The van der Waals surface area contributed by atoms with Crippen LogP contribution in [0.25, 0.3) is 5.69 Å². The number of nitrogens with one attached hydrogen (secondary N) is 1. The number of carbonyl (C=O) groups is 1. The zero-order valence-electron chi connectivity index (χ0n) is 13.8. The van der Waals surface area contributed by atoms with Gasteiger partial charge in [-0.25, -0.2) is 4.68 Å². The number of ether oxygens (including phenoxy) is 1. The molecule has 0 aliphatic carbocycles. The molecule has 1 heterocycles. The second-order valence-electron chi connectivity index (χ2n) is 5.57. The van der Waals surface area contributed by atoms with Crippen molar-refractivity contribution in [3.8, 4) is 11.4 Å². The van der Waals surface area contributed by atoms with Gasteiger partial charge in [-0.2, -0.15) is 5.10 Å². The Morgan fingerprint density at radius 2 is 1.88 bits per heavy atom. The van der Waals surface area contributed by atoms with E-state index in [1.165, 1.54) is 11.8 Å². The molecule has 2 aromatic carbocycles. The number of aromatic nitrogens is 2. The normalized spacial score (nSPS) is 10.5. The van der Waals surface area contributed by atoms with Gasteiger partial charge in [0.1, 0.15) is 12.4 Å². The third kappa shape index (κ3) is 4.61. The molecular weight excluding hydrogens is 338 g/mol. The number of halogens is 1. The highest BCUT2D eigenvalue weighted by Crippen LogP contribution is 2.13. The SMILES string of the molecule is Cc1ccc(OCCNC(=O)c2cnn(-c3ccc(Cl)cc3)c2)cc1. The van der Waals surface area contributed by atoms with Gasteiger partial charge in [0.2, 0.25) is 0 Å². The molecule has 0 fully saturated rings. The molecule has 128 valence electrons. The van der Waals surface area contributed by atoms with E-state index in [4.69, 9.17) is 16.3 Å². The lowest BCUT2D eigenvalue weighted by molar-refractivity contribution is 0.0947. The van der Waals surface area contributed by atoms with Crippen molar-refractivity contribution in [1.29, 1.82) is 0 Å². The smallest absolute Gasteiger partial charge is 0.254 e. The van der Waals surface area contributed by atoms with Crippen molar-refractivity contribution >= 4 is 17.5 Å². The van der Waals surface area contributed by atoms with Crippen molar-refractivity contribution in [3.63, 3.8) is 0 Å². The molecule has 0 saturated carbocycles. The van der Waals surface area contributed by atoms with Crippen molar-refractivity contribution in [2.75, 3.05) is 13.2 Å². The Morgan fingerprint density at radius 3 is 2.60 bits per heavy atom. The van der Waals surface area contributed by atoms with Crippen molar-refractivity contribution in [2.24, 2.45) is 0 Å². The molecule has 3 rings (SSSR count). The molecule has 6 heteroatoms. The van der Waals surface area contributed by atoms with E-state index in [0.717, 1.165) is 11.4 Å². The summed E-state index contributed by atoms with van der Waals surface area (Å²) in [7, 11) is 0. The van der Waals surface area contributed by atoms with Crippen LogP contribution in [0.1, 0.15) is 15.9 Å². The van der Waals surface area contributed by atoms with Crippen LogP contribution in [0, 0.1) is 6.92 Å². The molecule has 0 aliphatic rings. The lowest BCUT2D eigenvalue weighted by Crippen LogP contribution is -2.27. The molecule has 0 bridgehead atoms. The van der Waals surface area contributed by atoms with Crippen LogP contribution in [0.3, 0.4) is 0 Å². The van der Waals surface area contributed by atoms with E-state index in [2.05, 4.69) is 10.4 Å². The summed E-state index contributed by atoms with van der Waals surface area (Å²) in [5.41, 5.74) is 2.51. The number of rotatable bonds is 6. The van der Waals surface area contributed by atoms with Gasteiger partial charge in [-0.3, -0.25) is 4.79 Å². The van der Waals surface area contributed by atoms with Crippen molar-refractivity contribution in [2.45, 2.75) is 6.92 Å². The van der Waals surface area contributed by atoms with Gasteiger partial charge in [0.15, 0.2) is 0 Å². The van der Waals surface area contributed by atoms with E-state index in [9.17, 15) is 4.79 Å². The number of aryl methyl sites for hydroxylation is 1. The summed E-state index contributed by atoms with van der Waals surface area (Å²) >= 11 is 5.87. The number of amides is 1. The zero-order valence-corrected chi connectivity index (χ0v) is 14.5. The van der Waals surface area contributed by atoms with Crippen LogP contribution in [0.2, 0.25) is 5.02 Å². The molecule has 0 aliphatic heterocycles. The highest BCUT2D eigenvalue weighted by atomic mass is 35.5. The quantitative estimate of drug-likeness (QED) is 0.687. The summed E-state index contributed by atoms with van der Waals surface area (Å²) in [5.74, 6) is 0.600. The number of hydrogen-bond acceptors (Lipinski definition) is 3. The molecule has 1 amide bonds. The molecule has 0 radical (unpaired) electrons. The first-order chi connectivity index (χ1) is 12.1. The monoisotopic (exact) mass is 355 g/mol. The van der Waals surface area contributed by atoms with Gasteiger partial charge in [-0.1, -0.05) is 29.3 Å². The predicted octanol–water partition coefficient (Wildman–Crippen LogP) is 3.64. The van der Waals surface area contributed by atoms with Gasteiger partial charge in [0, 0.05) is 11.2 Å². The van der Waals surface area contributed by atoms with Crippen LogP contribution in [-0.4, -0.2) is 28.8 Å². The van der Waals surface area contributed by atoms with Crippen molar-refractivity contribution in [1.82, 2.24) is 15.1 Å². The Kier molecular flexibility index (Phi) is 5.36. The van der Waals surface area contributed by atoms with Gasteiger partial charge in [-0.05, 0) is 43.3 Å². The molecule has 1 aromatic heterocycles. The number of hydrogen-bond donors (Lipinski definition) is 1. The fourth-order valence-corrected chi connectivity index (χ4v) is 2.37. The maximum Gasteiger partial charge on any atom is 0.254 e. The predicted molar refractivity (Wildman–Crippen MR) is 97.6 cm³/mol. The highest BCUT2D eigenvalue weighted by molar-refractivity contribution is 6.30. The average Bonchev–Trinajstić information content (AvgIpc) is 3.11. The maximum atomic E-state index is 12.2. The van der Waals surface area contributed by atoms with Crippen LogP contribution < -0.4 is 10.1 Å². The Hall–Kier alpha value is -2.79. The first-order valence-corrected chi connectivity index (χ1v) is 8.28. The standard InChI is InChI=1S/C19H18ClN3O2/c1-14-2-8-18(9-3-14)25-11-10-21-19(24)15-12-22-23(13-15)17-6-4-16(20)5-7-17/h2-9,12-13H,10-11H2,1H3,(H,21,24). The van der Waals surface area contributed by atoms with E-state index < -0.39 is 0 Å². The molecule has 0 atom stereocenters. The summed E-state index contributed by atoms with van der Waals surface area (Å²) in [6, 6.07) is 15.0. The highest BCUT2D eigenvalue weighted by Gasteiger charge is 2.09. The topological polar surface area (TPSA) is 56.1 Å². The molecule has 5 nitrogen and oxygen atoms in total. The maximum absolute atomic E-state index is 12.2. The lowest BCUT2D eigenvalue weighted by Gasteiger charge is -2.07. The Balaban J connectivity index is 1.50. The summed E-state index contributed by atoms with van der Waals surface area (Å²) in [5, 5.41) is 7.67. The largest absolute Gasteiger partial charge is 0.492 e. The Labute approximate surface area is 151 Å². The molecular formula is C19H18ClN3O2. The molecule has 25 heavy (non-hydrogen) atoms. The minimum atomic E-state index is -0.187. The summed E-state index contributed by atoms with van der Waals surface area (Å²) in [6.07, 6.45) is 3.21. The summed E-state index contributed by atoms with van der Waals surface area (Å²) in [6.45, 7) is 2.84. The minimum absolute atomic E-state index is 0.187. The van der Waals surface area contributed by atoms with Gasteiger partial charge in [0.05, 0.1) is 24.0 Å². The van der Waals surface area contributed by atoms with E-state index in [1.807, 2.05) is 43.3 Å². The molecule has 3 aromatic rings. The van der Waals surface area contributed by atoms with Gasteiger partial charge in [-0.15, -0.1) is 0 Å². The Morgan fingerprint density at radius 1 is 1.16 bits per heavy atom. The lowest BCUT2D eigenvalue weighted by atomic mass is 10.2. The average molecular weight is 356 g/mol. The number of carbonyl (C=O) groups excluding carboxylic acids is 1. The molecule has 0 unspecified atom stereocenters. The second-order valence-corrected chi connectivity index (χ2v) is 6.00. The fourth-order valence-electron chi connectivity index (χ4n) is 2.25. The third-order valence-electron chi connectivity index (χ3n) is 3.61. The van der Waals surface area contributed by atoms with Crippen LogP contribution >= 0.6 is 11.6 Å². The van der Waals surface area contributed by atoms with Gasteiger partial charge < -0.3 is 10.1 Å². The van der Waals surface area contributed by atoms with E-state index in [-0.39, 0.29) is 5.91 Å². The Bertz CT molecular complexity index is 842. The van der Waals surface area contributed by atoms with Gasteiger partial charge >= 0.3 is 0 Å².